The molecule has 0 aromatic heterocycles. The van der Waals surface area contributed by atoms with Gasteiger partial charge in [-0.1, -0.05) is 51.1 Å². The maximum absolute atomic E-state index is 12.7. The molecule has 1 aliphatic heterocycles. The number of carbonyl (C=O) groups is 3. The number of amides is 2. The Kier molecular flexibility index (Phi) is 4.74. The summed E-state index contributed by atoms with van der Waals surface area (Å²) >= 11 is 0. The van der Waals surface area contributed by atoms with Gasteiger partial charge in [-0.25, -0.2) is 9.69 Å². The van der Waals surface area contributed by atoms with Gasteiger partial charge in [0.15, 0.2) is 0 Å². The van der Waals surface area contributed by atoms with E-state index in [1.165, 1.54) is 6.07 Å². The topological polar surface area (TPSA) is 63.7 Å². The molecule has 3 aromatic rings. The van der Waals surface area contributed by atoms with Crippen LogP contribution in [-0.4, -0.2) is 17.8 Å². The monoisotopic (exact) mass is 399 g/mol. The van der Waals surface area contributed by atoms with E-state index in [2.05, 4.69) is 20.8 Å². The first-order chi connectivity index (χ1) is 14.3. The Morgan fingerprint density at radius 2 is 1.40 bits per heavy atom. The molecule has 2 amide bonds. The van der Waals surface area contributed by atoms with E-state index in [9.17, 15) is 14.4 Å². The normalized spacial score (nSPS) is 13.4. The van der Waals surface area contributed by atoms with Crippen molar-refractivity contribution in [1.29, 1.82) is 0 Å². The summed E-state index contributed by atoms with van der Waals surface area (Å²) in [5, 5.41) is 0. The van der Waals surface area contributed by atoms with E-state index in [0.29, 0.717) is 22.4 Å². The van der Waals surface area contributed by atoms with Gasteiger partial charge in [0, 0.05) is 6.07 Å². The van der Waals surface area contributed by atoms with Crippen LogP contribution in [0.15, 0.2) is 72.8 Å². The number of benzene rings is 3. The summed E-state index contributed by atoms with van der Waals surface area (Å²) in [5.74, 6) is -1.03. The highest BCUT2D eigenvalue weighted by molar-refractivity contribution is 6.34. The third kappa shape index (κ3) is 3.50. The van der Waals surface area contributed by atoms with Crippen LogP contribution in [0, 0.1) is 0 Å². The summed E-state index contributed by atoms with van der Waals surface area (Å²) in [7, 11) is 0. The molecule has 0 saturated heterocycles. The van der Waals surface area contributed by atoms with Crippen LogP contribution in [0.4, 0.5) is 5.69 Å². The average molecular weight is 399 g/mol. The van der Waals surface area contributed by atoms with Gasteiger partial charge in [0.2, 0.25) is 0 Å². The minimum atomic E-state index is -0.505. The van der Waals surface area contributed by atoms with E-state index < -0.39 is 17.8 Å². The number of ether oxygens (including phenoxy) is 1. The van der Waals surface area contributed by atoms with Gasteiger partial charge >= 0.3 is 5.97 Å². The van der Waals surface area contributed by atoms with Gasteiger partial charge in [-0.15, -0.1) is 0 Å². The predicted octanol–water partition coefficient (Wildman–Crippen LogP) is 5.00. The average Bonchev–Trinajstić information content (AvgIpc) is 2.98. The van der Waals surface area contributed by atoms with Crippen LogP contribution in [0.25, 0.3) is 0 Å². The number of carbonyl (C=O) groups excluding carboxylic acids is 3. The number of rotatable bonds is 3. The molecule has 150 valence electrons. The minimum Gasteiger partial charge on any atom is -0.423 e. The number of hydrogen-bond acceptors (Lipinski definition) is 4. The molecule has 0 N–H and O–H groups in total. The lowest BCUT2D eigenvalue weighted by molar-refractivity contribution is 0.0734. The second-order valence-electron chi connectivity index (χ2n) is 8.21. The summed E-state index contributed by atoms with van der Waals surface area (Å²) in [6.45, 7) is 6.31. The molecule has 0 fully saturated rings. The van der Waals surface area contributed by atoms with Gasteiger partial charge in [-0.3, -0.25) is 9.59 Å². The van der Waals surface area contributed by atoms with Gasteiger partial charge in [0.05, 0.1) is 22.4 Å². The number of nitrogens with zero attached hydrogens (tertiary/aromatic N) is 1. The molecule has 1 heterocycles. The van der Waals surface area contributed by atoms with Crippen molar-refractivity contribution in [1.82, 2.24) is 0 Å². The fraction of sp³-hybridized carbons (Fsp3) is 0.160. The Balaban J connectivity index is 1.55. The van der Waals surface area contributed by atoms with Crippen molar-refractivity contribution in [3.05, 3.63) is 95.1 Å². The summed E-state index contributed by atoms with van der Waals surface area (Å²) in [6, 6.07) is 20.4. The number of esters is 1. The largest absolute Gasteiger partial charge is 0.423 e. The highest BCUT2D eigenvalue weighted by Crippen LogP contribution is 2.30. The molecule has 30 heavy (non-hydrogen) atoms. The fourth-order valence-corrected chi connectivity index (χ4v) is 3.38. The maximum Gasteiger partial charge on any atom is 0.343 e. The second-order valence-corrected chi connectivity index (χ2v) is 8.21. The molecule has 5 nitrogen and oxygen atoms in total. The van der Waals surface area contributed by atoms with Crippen LogP contribution >= 0.6 is 0 Å². The van der Waals surface area contributed by atoms with Crippen molar-refractivity contribution >= 4 is 23.5 Å². The first-order valence-corrected chi connectivity index (χ1v) is 9.66. The lowest BCUT2D eigenvalue weighted by atomic mass is 9.87. The lowest BCUT2D eigenvalue weighted by Crippen LogP contribution is -2.29. The predicted molar refractivity (Wildman–Crippen MR) is 114 cm³/mol. The number of hydrogen-bond donors (Lipinski definition) is 0. The molecule has 3 aromatic carbocycles. The Morgan fingerprint density at radius 3 is 1.97 bits per heavy atom. The Bertz CT molecular complexity index is 1120. The molecule has 0 atom stereocenters. The van der Waals surface area contributed by atoms with E-state index in [4.69, 9.17) is 4.74 Å². The smallest absolute Gasteiger partial charge is 0.343 e. The van der Waals surface area contributed by atoms with Gasteiger partial charge in [0.1, 0.15) is 5.75 Å². The molecular weight excluding hydrogens is 378 g/mol. The zero-order valence-electron chi connectivity index (χ0n) is 17.0. The Hall–Kier alpha value is -3.73. The van der Waals surface area contributed by atoms with Gasteiger partial charge in [-0.2, -0.15) is 0 Å². The van der Waals surface area contributed by atoms with Gasteiger partial charge in [-0.05, 0) is 47.4 Å². The highest BCUT2D eigenvalue weighted by atomic mass is 16.5. The SMILES string of the molecule is CC(C)(C)c1ccc(C(=O)Oc2cccc(N3C(=O)c4ccccc4C3=O)c2)cc1. The second kappa shape index (κ2) is 7.26. The summed E-state index contributed by atoms with van der Waals surface area (Å²) in [5.41, 5.74) is 2.62. The Labute approximate surface area is 174 Å². The quantitative estimate of drug-likeness (QED) is 0.353. The number of fused-ring (bicyclic) bond motifs is 1. The van der Waals surface area contributed by atoms with Crippen molar-refractivity contribution in [2.75, 3.05) is 4.90 Å². The van der Waals surface area contributed by atoms with Crippen molar-refractivity contribution in [2.45, 2.75) is 26.2 Å². The zero-order chi connectivity index (χ0) is 21.5. The summed E-state index contributed by atoms with van der Waals surface area (Å²) in [4.78, 5) is 39.0. The van der Waals surface area contributed by atoms with Crippen LogP contribution in [0.5, 0.6) is 5.75 Å². The molecule has 0 bridgehead atoms. The standard InChI is InChI=1S/C25H21NO4/c1-25(2,3)17-13-11-16(12-14-17)24(29)30-19-8-6-7-18(15-19)26-22(27)20-9-4-5-10-21(20)23(26)28/h4-15H,1-3H3. The van der Waals surface area contributed by atoms with Gasteiger partial charge < -0.3 is 4.74 Å². The van der Waals surface area contributed by atoms with Gasteiger partial charge in [0.25, 0.3) is 11.8 Å². The molecule has 0 unspecified atom stereocenters. The van der Waals surface area contributed by atoms with Crippen molar-refractivity contribution in [3.63, 3.8) is 0 Å². The van der Waals surface area contributed by atoms with Crippen LogP contribution in [0.1, 0.15) is 57.4 Å². The molecule has 5 heteroatoms. The van der Waals surface area contributed by atoms with Crippen molar-refractivity contribution in [3.8, 4) is 5.75 Å². The minimum absolute atomic E-state index is 0.0108. The number of imide groups is 1. The van der Waals surface area contributed by atoms with E-state index in [-0.39, 0.29) is 11.2 Å². The third-order valence-corrected chi connectivity index (χ3v) is 5.07. The van der Waals surface area contributed by atoms with E-state index in [1.54, 1.807) is 54.6 Å². The van der Waals surface area contributed by atoms with Crippen LogP contribution in [0.2, 0.25) is 0 Å². The van der Waals surface area contributed by atoms with Crippen LogP contribution in [-0.2, 0) is 5.41 Å². The molecule has 0 saturated carbocycles. The molecule has 4 rings (SSSR count). The van der Waals surface area contributed by atoms with Crippen molar-refractivity contribution < 1.29 is 19.1 Å². The van der Waals surface area contributed by atoms with E-state index in [0.717, 1.165) is 10.5 Å². The molecule has 0 radical (unpaired) electrons. The van der Waals surface area contributed by atoms with Crippen molar-refractivity contribution in [2.24, 2.45) is 0 Å². The van der Waals surface area contributed by atoms with Crippen LogP contribution in [0.3, 0.4) is 0 Å². The molecule has 0 spiro atoms. The lowest BCUT2D eigenvalue weighted by Gasteiger charge is -2.19. The fourth-order valence-electron chi connectivity index (χ4n) is 3.38. The first kappa shape index (κ1) is 19.6. The highest BCUT2D eigenvalue weighted by Gasteiger charge is 2.36. The third-order valence-electron chi connectivity index (χ3n) is 5.07. The molecular formula is C25H21NO4. The number of anilines is 1. The maximum atomic E-state index is 12.7. The molecule has 0 aliphatic carbocycles. The van der Waals surface area contributed by atoms with E-state index >= 15 is 0 Å². The summed E-state index contributed by atoms with van der Waals surface area (Å²) < 4.78 is 5.49. The Morgan fingerprint density at radius 1 is 0.800 bits per heavy atom. The first-order valence-electron chi connectivity index (χ1n) is 9.66. The summed E-state index contributed by atoms with van der Waals surface area (Å²) in [6.07, 6.45) is 0. The zero-order valence-corrected chi connectivity index (χ0v) is 17.0. The van der Waals surface area contributed by atoms with Crippen LogP contribution < -0.4 is 9.64 Å². The molecule has 1 aliphatic rings. The van der Waals surface area contributed by atoms with E-state index in [1.807, 2.05) is 12.1 Å².